The number of amides is 1. The van der Waals surface area contributed by atoms with Gasteiger partial charge in [0.05, 0.1) is 22.3 Å². The van der Waals surface area contributed by atoms with Crippen molar-refractivity contribution in [3.8, 4) is 0 Å². The highest BCUT2D eigenvalue weighted by Crippen LogP contribution is 2.27. The van der Waals surface area contributed by atoms with Crippen molar-refractivity contribution in [2.45, 2.75) is 0 Å². The molecule has 0 spiro atoms. The van der Waals surface area contributed by atoms with Crippen LogP contribution in [0, 0.1) is 0 Å². The van der Waals surface area contributed by atoms with E-state index in [1.165, 1.54) is 17.7 Å². The molecule has 0 aromatic carbocycles. The Bertz CT molecular complexity index is 1010. The van der Waals surface area contributed by atoms with Gasteiger partial charge in [-0.1, -0.05) is 11.6 Å². The molecule has 24 heavy (non-hydrogen) atoms. The number of carbonyl (C=O) groups is 1. The van der Waals surface area contributed by atoms with E-state index in [1.807, 2.05) is 17.7 Å². The largest absolute Gasteiger partial charge is 0.354 e. The third kappa shape index (κ3) is 2.61. The van der Waals surface area contributed by atoms with Crippen molar-refractivity contribution in [1.29, 1.82) is 0 Å². The Morgan fingerprint density at radius 2 is 1.96 bits per heavy atom. The zero-order valence-corrected chi connectivity index (χ0v) is 14.0. The van der Waals surface area contributed by atoms with Crippen LogP contribution in [0.25, 0.3) is 10.9 Å². The molecule has 0 unspecified atom stereocenters. The third-order valence-electron chi connectivity index (χ3n) is 3.69. The molecule has 0 saturated heterocycles. The fourth-order valence-electron chi connectivity index (χ4n) is 2.48. The smallest absolute Gasteiger partial charge is 0.273 e. The van der Waals surface area contributed by atoms with Gasteiger partial charge in [-0.05, 0) is 6.07 Å². The normalized spacial score (nSPS) is 10.8. The summed E-state index contributed by atoms with van der Waals surface area (Å²) in [5.41, 5.74) is 1.64. The second kappa shape index (κ2) is 5.97. The topological polar surface area (TPSA) is 93.8 Å². The molecule has 0 fully saturated rings. The van der Waals surface area contributed by atoms with Crippen molar-refractivity contribution in [3.63, 3.8) is 0 Å². The van der Waals surface area contributed by atoms with Gasteiger partial charge >= 0.3 is 0 Å². The van der Waals surface area contributed by atoms with Crippen LogP contribution < -0.4 is 16.2 Å². The van der Waals surface area contributed by atoms with E-state index in [0.717, 1.165) is 5.52 Å². The zero-order valence-electron chi connectivity index (χ0n) is 13.3. The average Bonchev–Trinajstić information content (AvgIpc) is 2.86. The van der Waals surface area contributed by atoms with Crippen LogP contribution in [0.15, 0.2) is 29.3 Å². The molecule has 0 aliphatic rings. The van der Waals surface area contributed by atoms with Gasteiger partial charge in [-0.2, -0.15) is 0 Å². The summed E-state index contributed by atoms with van der Waals surface area (Å²) in [7, 11) is 5.01. The molecule has 9 heteroatoms. The number of aromatic nitrogens is 4. The molecule has 3 aromatic rings. The third-order valence-corrected chi connectivity index (χ3v) is 3.88. The monoisotopic (exact) mass is 346 g/mol. The molecule has 3 aromatic heterocycles. The minimum Gasteiger partial charge on any atom is -0.354 e. The van der Waals surface area contributed by atoms with Gasteiger partial charge < -0.3 is 19.8 Å². The number of anilines is 2. The van der Waals surface area contributed by atoms with Gasteiger partial charge in [-0.25, -0.2) is 0 Å². The second-order valence-electron chi connectivity index (χ2n) is 5.28. The van der Waals surface area contributed by atoms with Crippen LogP contribution in [-0.2, 0) is 14.1 Å². The maximum absolute atomic E-state index is 12.5. The maximum atomic E-state index is 12.5. The highest BCUT2D eigenvalue weighted by atomic mass is 35.5. The van der Waals surface area contributed by atoms with Crippen LogP contribution >= 0.6 is 11.6 Å². The number of pyridine rings is 1. The first-order valence-corrected chi connectivity index (χ1v) is 7.47. The first kappa shape index (κ1) is 16.0. The molecule has 0 aliphatic carbocycles. The number of nitrogens with one attached hydrogen (secondary N) is 2. The van der Waals surface area contributed by atoms with Crippen LogP contribution in [0.1, 0.15) is 10.5 Å². The lowest BCUT2D eigenvalue weighted by molar-refractivity contribution is 0.0958. The fourth-order valence-corrected chi connectivity index (χ4v) is 2.63. The molecule has 0 aliphatic heterocycles. The number of hydrogen-bond acceptors (Lipinski definition) is 5. The molecule has 1 amide bonds. The van der Waals surface area contributed by atoms with Crippen LogP contribution in [0.3, 0.4) is 0 Å². The Balaban J connectivity index is 2.18. The minimum absolute atomic E-state index is 0.0895. The van der Waals surface area contributed by atoms with E-state index in [0.29, 0.717) is 16.8 Å². The predicted octanol–water partition coefficient (Wildman–Crippen LogP) is 1.42. The predicted molar refractivity (Wildman–Crippen MR) is 91.9 cm³/mol. The summed E-state index contributed by atoms with van der Waals surface area (Å²) in [6.07, 6.45) is 3.48. The molecular formula is C15H15ClN6O2. The molecule has 0 bridgehead atoms. The SMILES string of the molecule is CNC(=O)c1nnc(Cl)cc1Nc1cn(C)c2ccn(C)c(=O)c12. The molecule has 124 valence electrons. The molecule has 0 radical (unpaired) electrons. The summed E-state index contributed by atoms with van der Waals surface area (Å²) in [5, 5.41) is 13.7. The van der Waals surface area contributed by atoms with Crippen molar-refractivity contribution in [2.75, 3.05) is 12.4 Å². The summed E-state index contributed by atoms with van der Waals surface area (Å²) in [6, 6.07) is 3.34. The van der Waals surface area contributed by atoms with E-state index in [4.69, 9.17) is 11.6 Å². The van der Waals surface area contributed by atoms with E-state index >= 15 is 0 Å². The van der Waals surface area contributed by atoms with Crippen molar-refractivity contribution in [2.24, 2.45) is 14.1 Å². The van der Waals surface area contributed by atoms with Gasteiger partial charge in [0.15, 0.2) is 10.8 Å². The highest BCUT2D eigenvalue weighted by molar-refractivity contribution is 6.29. The lowest BCUT2D eigenvalue weighted by atomic mass is 10.2. The highest BCUT2D eigenvalue weighted by Gasteiger charge is 2.17. The van der Waals surface area contributed by atoms with Crippen LogP contribution in [0.2, 0.25) is 5.15 Å². The second-order valence-corrected chi connectivity index (χ2v) is 5.67. The van der Waals surface area contributed by atoms with Crippen molar-refractivity contribution in [1.82, 2.24) is 24.6 Å². The van der Waals surface area contributed by atoms with Gasteiger partial charge in [0.25, 0.3) is 11.5 Å². The Hall–Kier alpha value is -2.87. The minimum atomic E-state index is -0.408. The van der Waals surface area contributed by atoms with Gasteiger partial charge in [-0.3, -0.25) is 9.59 Å². The number of fused-ring (bicyclic) bond motifs is 1. The number of hydrogen-bond donors (Lipinski definition) is 2. The molecule has 8 nitrogen and oxygen atoms in total. The van der Waals surface area contributed by atoms with E-state index in [-0.39, 0.29) is 16.4 Å². The standard InChI is InChI=1S/C15H15ClN6O2/c1-17-14(23)13-8(6-11(16)19-20-13)18-9-7-22(3)10-4-5-21(2)15(24)12(9)10/h4-7H,1-3H3,(H,17,23)(H,18,19). The average molecular weight is 347 g/mol. The lowest BCUT2D eigenvalue weighted by Gasteiger charge is -2.09. The molecule has 3 rings (SSSR count). The molecule has 2 N–H and O–H groups in total. The van der Waals surface area contributed by atoms with Gasteiger partial charge in [-0.15, -0.1) is 10.2 Å². The number of halogens is 1. The first-order valence-electron chi connectivity index (χ1n) is 7.09. The quantitative estimate of drug-likeness (QED) is 0.748. The number of aryl methyl sites for hydroxylation is 2. The summed E-state index contributed by atoms with van der Waals surface area (Å²) in [4.78, 5) is 24.4. The first-order chi connectivity index (χ1) is 11.4. The summed E-state index contributed by atoms with van der Waals surface area (Å²) in [6.45, 7) is 0. The van der Waals surface area contributed by atoms with E-state index in [1.54, 1.807) is 19.4 Å². The Kier molecular flexibility index (Phi) is 3.98. The summed E-state index contributed by atoms with van der Waals surface area (Å²) < 4.78 is 3.32. The van der Waals surface area contributed by atoms with Gasteiger partial charge in [0.1, 0.15) is 0 Å². The maximum Gasteiger partial charge on any atom is 0.273 e. The Morgan fingerprint density at radius 3 is 2.67 bits per heavy atom. The number of nitrogens with zero attached hydrogens (tertiary/aromatic N) is 4. The number of carbonyl (C=O) groups excluding carboxylic acids is 1. The van der Waals surface area contributed by atoms with E-state index in [2.05, 4.69) is 20.8 Å². The van der Waals surface area contributed by atoms with E-state index < -0.39 is 5.91 Å². The molecular weight excluding hydrogens is 332 g/mol. The molecule has 0 saturated carbocycles. The van der Waals surface area contributed by atoms with Crippen LogP contribution in [-0.4, -0.2) is 32.3 Å². The summed E-state index contributed by atoms with van der Waals surface area (Å²) in [5.74, 6) is -0.408. The molecule has 3 heterocycles. The zero-order chi connectivity index (χ0) is 17.4. The Morgan fingerprint density at radius 1 is 1.21 bits per heavy atom. The van der Waals surface area contributed by atoms with Crippen molar-refractivity contribution in [3.05, 3.63) is 45.7 Å². The van der Waals surface area contributed by atoms with Gasteiger partial charge in [0.2, 0.25) is 0 Å². The van der Waals surface area contributed by atoms with Crippen LogP contribution in [0.5, 0.6) is 0 Å². The van der Waals surface area contributed by atoms with Crippen molar-refractivity contribution >= 4 is 39.8 Å². The lowest BCUT2D eigenvalue weighted by Crippen LogP contribution is -2.21. The van der Waals surface area contributed by atoms with E-state index in [9.17, 15) is 9.59 Å². The summed E-state index contributed by atoms with van der Waals surface area (Å²) >= 11 is 5.89. The molecule has 0 atom stereocenters. The van der Waals surface area contributed by atoms with Crippen LogP contribution in [0.4, 0.5) is 11.4 Å². The van der Waals surface area contributed by atoms with Gasteiger partial charge in [0, 0.05) is 39.6 Å². The van der Waals surface area contributed by atoms with Crippen molar-refractivity contribution < 1.29 is 4.79 Å². The Labute approximate surface area is 142 Å². The number of rotatable bonds is 3. The fraction of sp³-hybridized carbons (Fsp3) is 0.200.